The zero-order valence-electron chi connectivity index (χ0n) is 19.2. The van der Waals surface area contributed by atoms with Crippen LogP contribution < -0.4 is 15.0 Å². The van der Waals surface area contributed by atoms with Crippen molar-refractivity contribution in [3.63, 3.8) is 0 Å². The SMILES string of the molecule is CC(=O)N1c2ccc(OC3CCOCC3)cc2C(Nc2cccc(C)n2)[C@@H](C)[C@@H]1C1CC1. The molecule has 1 N–H and O–H groups in total. The van der Waals surface area contributed by atoms with Gasteiger partial charge in [0.1, 0.15) is 17.7 Å². The van der Waals surface area contributed by atoms with Gasteiger partial charge in [0.05, 0.1) is 19.3 Å². The lowest BCUT2D eigenvalue weighted by Crippen LogP contribution is -2.51. The van der Waals surface area contributed by atoms with E-state index in [1.165, 1.54) is 12.8 Å². The molecular weight excluding hydrogens is 402 g/mol. The number of hydrogen-bond acceptors (Lipinski definition) is 5. The summed E-state index contributed by atoms with van der Waals surface area (Å²) in [5.41, 5.74) is 3.09. The first-order chi connectivity index (χ1) is 15.5. The number of hydrogen-bond donors (Lipinski definition) is 1. The Labute approximate surface area is 190 Å². The Bertz CT molecular complexity index is 984. The van der Waals surface area contributed by atoms with E-state index in [9.17, 15) is 4.79 Å². The summed E-state index contributed by atoms with van der Waals surface area (Å²) in [6.45, 7) is 7.46. The minimum Gasteiger partial charge on any atom is -0.490 e. The van der Waals surface area contributed by atoms with Crippen molar-refractivity contribution in [3.05, 3.63) is 47.7 Å². The molecule has 3 atom stereocenters. The zero-order valence-corrected chi connectivity index (χ0v) is 19.2. The van der Waals surface area contributed by atoms with Gasteiger partial charge in [-0.25, -0.2) is 4.98 Å². The zero-order chi connectivity index (χ0) is 22.2. The third kappa shape index (κ3) is 4.20. The molecule has 1 amide bonds. The second kappa shape index (κ2) is 8.74. The lowest BCUT2D eigenvalue weighted by atomic mass is 9.80. The number of anilines is 2. The van der Waals surface area contributed by atoms with Crippen molar-refractivity contribution >= 4 is 17.4 Å². The van der Waals surface area contributed by atoms with Crippen molar-refractivity contribution in [3.8, 4) is 5.75 Å². The third-order valence-corrected chi connectivity index (χ3v) is 7.06. The molecule has 2 aliphatic heterocycles. The summed E-state index contributed by atoms with van der Waals surface area (Å²) in [6.07, 6.45) is 4.37. The van der Waals surface area contributed by atoms with Crippen LogP contribution in [0.3, 0.4) is 0 Å². The van der Waals surface area contributed by atoms with Crippen molar-refractivity contribution in [2.24, 2.45) is 11.8 Å². The smallest absolute Gasteiger partial charge is 0.224 e. The van der Waals surface area contributed by atoms with Gasteiger partial charge in [0.15, 0.2) is 0 Å². The Morgan fingerprint density at radius 3 is 2.62 bits per heavy atom. The van der Waals surface area contributed by atoms with Crippen molar-refractivity contribution in [2.45, 2.75) is 64.6 Å². The van der Waals surface area contributed by atoms with Crippen LogP contribution in [0.4, 0.5) is 11.5 Å². The van der Waals surface area contributed by atoms with Crippen molar-refractivity contribution in [1.82, 2.24) is 4.98 Å². The molecule has 170 valence electrons. The van der Waals surface area contributed by atoms with Gasteiger partial charge >= 0.3 is 0 Å². The largest absolute Gasteiger partial charge is 0.490 e. The van der Waals surface area contributed by atoms with Crippen LogP contribution in [-0.2, 0) is 9.53 Å². The van der Waals surface area contributed by atoms with Gasteiger partial charge in [-0.3, -0.25) is 4.79 Å². The van der Waals surface area contributed by atoms with Crippen LogP contribution in [-0.4, -0.2) is 36.3 Å². The fourth-order valence-electron chi connectivity index (χ4n) is 5.39. The molecule has 1 saturated carbocycles. The van der Waals surface area contributed by atoms with Crippen molar-refractivity contribution in [1.29, 1.82) is 0 Å². The van der Waals surface area contributed by atoms with Crippen LogP contribution >= 0.6 is 0 Å². The number of nitrogens with one attached hydrogen (secondary N) is 1. The molecule has 32 heavy (non-hydrogen) atoms. The van der Waals surface area contributed by atoms with Gasteiger partial charge < -0.3 is 19.7 Å². The molecule has 3 heterocycles. The number of nitrogens with zero attached hydrogens (tertiary/aromatic N) is 2. The molecule has 1 aromatic heterocycles. The number of aryl methyl sites for hydroxylation is 1. The highest BCUT2D eigenvalue weighted by Crippen LogP contribution is 2.50. The second-order valence-electron chi connectivity index (χ2n) is 9.51. The van der Waals surface area contributed by atoms with E-state index >= 15 is 0 Å². The highest BCUT2D eigenvalue weighted by atomic mass is 16.5. The number of carbonyl (C=O) groups is 1. The molecule has 3 aliphatic rings. The Hall–Kier alpha value is -2.60. The molecule has 2 fully saturated rings. The Balaban J connectivity index is 1.53. The molecule has 6 nitrogen and oxygen atoms in total. The van der Waals surface area contributed by atoms with E-state index in [-0.39, 0.29) is 30.0 Å². The van der Waals surface area contributed by atoms with Crippen LogP contribution in [0.25, 0.3) is 0 Å². The number of aromatic nitrogens is 1. The van der Waals surface area contributed by atoms with Gasteiger partial charge in [-0.1, -0.05) is 13.0 Å². The molecule has 0 radical (unpaired) electrons. The van der Waals surface area contributed by atoms with Crippen LogP contribution in [0.15, 0.2) is 36.4 Å². The summed E-state index contributed by atoms with van der Waals surface area (Å²) in [5.74, 6) is 2.66. The summed E-state index contributed by atoms with van der Waals surface area (Å²) >= 11 is 0. The maximum atomic E-state index is 12.8. The molecule has 6 heteroatoms. The molecule has 0 bridgehead atoms. The topological polar surface area (TPSA) is 63.7 Å². The molecule has 2 aromatic rings. The Kier molecular flexibility index (Phi) is 5.80. The lowest BCUT2D eigenvalue weighted by Gasteiger charge is -2.46. The highest BCUT2D eigenvalue weighted by molar-refractivity contribution is 5.94. The first-order valence-corrected chi connectivity index (χ1v) is 11.9. The summed E-state index contributed by atoms with van der Waals surface area (Å²) in [6, 6.07) is 12.5. The number of rotatable bonds is 5. The molecule has 1 saturated heterocycles. The second-order valence-corrected chi connectivity index (χ2v) is 9.51. The number of pyridine rings is 1. The number of benzene rings is 1. The quantitative estimate of drug-likeness (QED) is 0.725. The highest BCUT2D eigenvalue weighted by Gasteiger charge is 2.47. The van der Waals surface area contributed by atoms with Gasteiger partial charge in [0, 0.05) is 48.7 Å². The first-order valence-electron chi connectivity index (χ1n) is 11.9. The maximum Gasteiger partial charge on any atom is 0.224 e. The van der Waals surface area contributed by atoms with E-state index in [4.69, 9.17) is 14.5 Å². The van der Waals surface area contributed by atoms with Gasteiger partial charge in [0.25, 0.3) is 0 Å². The number of fused-ring (bicyclic) bond motifs is 1. The Morgan fingerprint density at radius 1 is 1.16 bits per heavy atom. The van der Waals surface area contributed by atoms with Gasteiger partial charge in [0.2, 0.25) is 5.91 Å². The van der Waals surface area contributed by atoms with Gasteiger partial charge in [-0.15, -0.1) is 0 Å². The monoisotopic (exact) mass is 435 g/mol. The predicted molar refractivity (Wildman–Crippen MR) is 125 cm³/mol. The molecule has 1 aromatic carbocycles. The third-order valence-electron chi connectivity index (χ3n) is 7.06. The van der Waals surface area contributed by atoms with Gasteiger partial charge in [-0.2, -0.15) is 0 Å². The van der Waals surface area contributed by atoms with Crippen LogP contribution in [0.5, 0.6) is 5.75 Å². The standard InChI is InChI=1S/C26H33N3O3/c1-16-5-4-6-24(27-16)28-25-17(2)26(19-7-8-19)29(18(3)30)23-10-9-21(15-22(23)25)32-20-11-13-31-14-12-20/h4-6,9-10,15,17,19-20,25-26H,7-8,11-14H2,1-3H3,(H,27,28)/t17-,25?,26-/m1/s1. The molecular formula is C26H33N3O3. The molecule has 1 unspecified atom stereocenters. The molecule has 5 rings (SSSR count). The maximum absolute atomic E-state index is 12.8. The van der Waals surface area contributed by atoms with Crippen LogP contribution in [0.1, 0.15) is 56.8 Å². The summed E-state index contributed by atoms with van der Waals surface area (Å²) in [5, 5.41) is 3.71. The lowest BCUT2D eigenvalue weighted by molar-refractivity contribution is -0.117. The van der Waals surface area contributed by atoms with E-state index in [1.54, 1.807) is 6.92 Å². The van der Waals surface area contributed by atoms with E-state index in [1.807, 2.05) is 36.1 Å². The summed E-state index contributed by atoms with van der Waals surface area (Å²) < 4.78 is 11.8. The Morgan fingerprint density at radius 2 is 1.94 bits per heavy atom. The van der Waals surface area contributed by atoms with E-state index in [0.717, 1.165) is 54.6 Å². The number of carbonyl (C=O) groups excluding carboxylic acids is 1. The number of ether oxygens (including phenoxy) is 2. The summed E-state index contributed by atoms with van der Waals surface area (Å²) in [7, 11) is 0. The van der Waals surface area contributed by atoms with E-state index in [2.05, 4.69) is 24.4 Å². The van der Waals surface area contributed by atoms with Crippen LogP contribution in [0.2, 0.25) is 0 Å². The first kappa shape index (κ1) is 21.3. The minimum absolute atomic E-state index is 0.0544. The average Bonchev–Trinajstić information content (AvgIpc) is 3.61. The fraction of sp³-hybridized carbons (Fsp3) is 0.538. The fourth-order valence-corrected chi connectivity index (χ4v) is 5.39. The molecule has 1 aliphatic carbocycles. The predicted octanol–water partition coefficient (Wildman–Crippen LogP) is 4.88. The van der Waals surface area contributed by atoms with E-state index < -0.39 is 0 Å². The molecule has 0 spiro atoms. The number of amides is 1. The average molecular weight is 436 g/mol. The minimum atomic E-state index is 0.0544. The van der Waals surface area contributed by atoms with Crippen LogP contribution in [0, 0.1) is 18.8 Å². The van der Waals surface area contributed by atoms with E-state index in [0.29, 0.717) is 5.92 Å². The normalized spacial score (nSPS) is 25.8. The van der Waals surface area contributed by atoms with Crippen molar-refractivity contribution in [2.75, 3.05) is 23.4 Å². The van der Waals surface area contributed by atoms with Crippen molar-refractivity contribution < 1.29 is 14.3 Å². The summed E-state index contributed by atoms with van der Waals surface area (Å²) in [4.78, 5) is 19.5. The van der Waals surface area contributed by atoms with Gasteiger partial charge in [-0.05, 0) is 56.0 Å².